The summed E-state index contributed by atoms with van der Waals surface area (Å²) in [5.74, 6) is 1.65. The van der Waals surface area contributed by atoms with Crippen LogP contribution in [0.25, 0.3) is 0 Å². The average molecular weight is 906 g/mol. The molecule has 0 aliphatic heterocycles. The van der Waals surface area contributed by atoms with Crippen molar-refractivity contribution in [3.8, 4) is 0 Å². The minimum atomic E-state index is -0.763. The summed E-state index contributed by atoms with van der Waals surface area (Å²) in [6, 6.07) is 0. The summed E-state index contributed by atoms with van der Waals surface area (Å²) >= 11 is 0. The van der Waals surface area contributed by atoms with Crippen LogP contribution in [0, 0.1) is 17.8 Å². The van der Waals surface area contributed by atoms with Crippen molar-refractivity contribution in [3.63, 3.8) is 0 Å². The maximum absolute atomic E-state index is 12.8. The maximum atomic E-state index is 12.8. The van der Waals surface area contributed by atoms with Crippen LogP contribution in [0.5, 0.6) is 0 Å². The van der Waals surface area contributed by atoms with Crippen LogP contribution in [-0.2, 0) is 28.6 Å². The highest BCUT2D eigenvalue weighted by Crippen LogP contribution is 2.18. The predicted octanol–water partition coefficient (Wildman–Crippen LogP) is 18.7. The third-order valence-electron chi connectivity index (χ3n) is 13.1. The van der Waals surface area contributed by atoms with Crippen LogP contribution in [0.4, 0.5) is 0 Å². The highest BCUT2D eigenvalue weighted by atomic mass is 16.6. The lowest BCUT2D eigenvalue weighted by Gasteiger charge is -2.18. The van der Waals surface area contributed by atoms with E-state index < -0.39 is 6.10 Å². The zero-order valence-corrected chi connectivity index (χ0v) is 44.1. The van der Waals surface area contributed by atoms with Crippen molar-refractivity contribution in [1.29, 1.82) is 0 Å². The largest absolute Gasteiger partial charge is 0.462 e. The van der Waals surface area contributed by atoms with Crippen LogP contribution < -0.4 is 0 Å². The van der Waals surface area contributed by atoms with Gasteiger partial charge in [-0.2, -0.15) is 0 Å². The van der Waals surface area contributed by atoms with Gasteiger partial charge in [-0.15, -0.1) is 0 Å². The van der Waals surface area contributed by atoms with Crippen LogP contribution >= 0.6 is 0 Å². The van der Waals surface area contributed by atoms with E-state index >= 15 is 0 Å². The second kappa shape index (κ2) is 49.3. The molecule has 0 rings (SSSR count). The normalized spacial score (nSPS) is 12.1. The Morgan fingerprint density at radius 1 is 0.266 bits per heavy atom. The van der Waals surface area contributed by atoms with E-state index in [9.17, 15) is 14.4 Å². The highest BCUT2D eigenvalue weighted by molar-refractivity contribution is 5.71. The summed E-state index contributed by atoms with van der Waals surface area (Å²) in [7, 11) is 0. The highest BCUT2D eigenvalue weighted by Gasteiger charge is 2.19. The molecular formula is C58H112O6. The average Bonchev–Trinajstić information content (AvgIpc) is 3.25. The molecule has 64 heavy (non-hydrogen) atoms. The molecule has 0 fully saturated rings. The van der Waals surface area contributed by atoms with E-state index in [1.807, 2.05) is 0 Å². The van der Waals surface area contributed by atoms with Gasteiger partial charge in [0.1, 0.15) is 13.2 Å². The van der Waals surface area contributed by atoms with Crippen molar-refractivity contribution < 1.29 is 28.6 Å². The fourth-order valence-electron chi connectivity index (χ4n) is 8.82. The Morgan fingerprint density at radius 2 is 0.453 bits per heavy atom. The van der Waals surface area contributed by atoms with Crippen LogP contribution in [-0.4, -0.2) is 37.2 Å². The Labute approximate surface area is 399 Å². The SMILES string of the molecule is CC(C)CCCCCCCCCCCCCCCCCCC(=O)OC[C@@H](COC(=O)CCCCCCCCCCCC(C)C)OC(=O)CCCCCCCCCCCCCCC(C)C. The number of ether oxygens (including phenoxy) is 3. The Kier molecular flexibility index (Phi) is 48.1. The first-order chi connectivity index (χ1) is 31.1. The van der Waals surface area contributed by atoms with Crippen LogP contribution in [0.1, 0.15) is 318 Å². The number of carbonyl (C=O) groups is 3. The van der Waals surface area contributed by atoms with E-state index in [0.717, 1.165) is 75.5 Å². The van der Waals surface area contributed by atoms with E-state index in [1.165, 1.54) is 199 Å². The zero-order valence-electron chi connectivity index (χ0n) is 44.1. The van der Waals surface area contributed by atoms with Gasteiger partial charge in [0.25, 0.3) is 0 Å². The molecule has 0 heterocycles. The number of hydrogen-bond donors (Lipinski definition) is 0. The molecule has 0 amide bonds. The molecule has 0 unspecified atom stereocenters. The molecule has 0 aliphatic rings. The Morgan fingerprint density at radius 3 is 0.672 bits per heavy atom. The smallest absolute Gasteiger partial charge is 0.306 e. The molecule has 6 heteroatoms. The maximum Gasteiger partial charge on any atom is 0.306 e. The molecular weight excluding hydrogens is 793 g/mol. The van der Waals surface area contributed by atoms with Gasteiger partial charge in [0, 0.05) is 19.3 Å². The van der Waals surface area contributed by atoms with Crippen LogP contribution in [0.15, 0.2) is 0 Å². The van der Waals surface area contributed by atoms with Crippen LogP contribution in [0.2, 0.25) is 0 Å². The summed E-state index contributed by atoms with van der Waals surface area (Å²) in [6.45, 7) is 13.7. The molecule has 0 aromatic rings. The molecule has 380 valence electrons. The first kappa shape index (κ1) is 62.4. The van der Waals surface area contributed by atoms with Crippen molar-refractivity contribution >= 4 is 17.9 Å². The van der Waals surface area contributed by atoms with Gasteiger partial charge in [-0.25, -0.2) is 0 Å². The second-order valence-electron chi connectivity index (χ2n) is 21.4. The van der Waals surface area contributed by atoms with Crippen molar-refractivity contribution in [2.75, 3.05) is 13.2 Å². The summed E-state index contributed by atoms with van der Waals surface area (Å²) in [5, 5.41) is 0. The van der Waals surface area contributed by atoms with E-state index in [-0.39, 0.29) is 31.1 Å². The summed E-state index contributed by atoms with van der Waals surface area (Å²) in [4.78, 5) is 38.1. The monoisotopic (exact) mass is 905 g/mol. The molecule has 0 aromatic carbocycles. The van der Waals surface area contributed by atoms with Gasteiger partial charge in [-0.3, -0.25) is 14.4 Å². The van der Waals surface area contributed by atoms with Crippen molar-refractivity contribution in [1.82, 2.24) is 0 Å². The van der Waals surface area contributed by atoms with E-state index in [0.29, 0.717) is 19.3 Å². The fourth-order valence-corrected chi connectivity index (χ4v) is 8.82. The topological polar surface area (TPSA) is 78.9 Å². The van der Waals surface area contributed by atoms with Gasteiger partial charge in [-0.05, 0) is 37.0 Å². The van der Waals surface area contributed by atoms with Gasteiger partial charge >= 0.3 is 17.9 Å². The standard InChI is InChI=1S/C58H112O6/c1-52(2)44-38-32-26-20-15-11-9-7-8-10-12-17-23-29-35-41-47-56(59)62-50-55(51-63-57(60)48-42-36-30-25-19-22-28-34-40-46-54(5)6)64-58(61)49-43-37-31-24-18-14-13-16-21-27-33-39-45-53(3)4/h52-55H,7-51H2,1-6H3/t55-/m0/s1. The zero-order chi connectivity index (χ0) is 47.0. The number of rotatable bonds is 51. The molecule has 0 spiro atoms. The molecule has 1 atom stereocenters. The first-order valence-corrected chi connectivity index (χ1v) is 28.6. The third-order valence-corrected chi connectivity index (χ3v) is 13.1. The molecule has 0 aliphatic carbocycles. The lowest BCUT2D eigenvalue weighted by Crippen LogP contribution is -2.30. The minimum absolute atomic E-state index is 0.0638. The lowest BCUT2D eigenvalue weighted by molar-refractivity contribution is -0.167. The molecule has 0 aromatic heterocycles. The van der Waals surface area contributed by atoms with E-state index in [2.05, 4.69) is 41.5 Å². The van der Waals surface area contributed by atoms with Gasteiger partial charge in [0.15, 0.2) is 6.10 Å². The Balaban J connectivity index is 4.27. The summed E-state index contributed by atoms with van der Waals surface area (Å²) in [5.41, 5.74) is 0. The van der Waals surface area contributed by atoms with Gasteiger partial charge in [0.2, 0.25) is 0 Å². The summed E-state index contributed by atoms with van der Waals surface area (Å²) < 4.78 is 16.9. The molecule has 0 radical (unpaired) electrons. The fraction of sp³-hybridized carbons (Fsp3) is 0.948. The van der Waals surface area contributed by atoms with Crippen molar-refractivity contribution in [2.45, 2.75) is 324 Å². The molecule has 6 nitrogen and oxygen atoms in total. The Bertz CT molecular complexity index is 991. The number of unbranched alkanes of at least 4 members (excludes halogenated alkanes) is 34. The molecule has 0 saturated heterocycles. The number of carbonyl (C=O) groups excluding carboxylic acids is 3. The van der Waals surface area contributed by atoms with E-state index in [1.54, 1.807) is 0 Å². The van der Waals surface area contributed by atoms with Crippen molar-refractivity contribution in [2.24, 2.45) is 17.8 Å². The first-order valence-electron chi connectivity index (χ1n) is 28.6. The van der Waals surface area contributed by atoms with Gasteiger partial charge < -0.3 is 14.2 Å². The van der Waals surface area contributed by atoms with E-state index in [4.69, 9.17) is 14.2 Å². The third kappa shape index (κ3) is 51.4. The molecule has 0 bridgehead atoms. The number of hydrogen-bond acceptors (Lipinski definition) is 6. The second-order valence-corrected chi connectivity index (χ2v) is 21.4. The van der Waals surface area contributed by atoms with Crippen molar-refractivity contribution in [3.05, 3.63) is 0 Å². The lowest BCUT2D eigenvalue weighted by atomic mass is 10.0. The number of esters is 3. The molecule has 0 N–H and O–H groups in total. The summed E-state index contributed by atoms with van der Waals surface area (Å²) in [6.07, 6.45) is 51.0. The van der Waals surface area contributed by atoms with Gasteiger partial charge in [0.05, 0.1) is 0 Å². The quantitative estimate of drug-likeness (QED) is 0.0344. The van der Waals surface area contributed by atoms with Crippen LogP contribution in [0.3, 0.4) is 0 Å². The Hall–Kier alpha value is -1.59. The molecule has 0 saturated carbocycles. The minimum Gasteiger partial charge on any atom is -0.462 e. The van der Waals surface area contributed by atoms with Gasteiger partial charge in [-0.1, -0.05) is 279 Å². The predicted molar refractivity (Wildman–Crippen MR) is 275 cm³/mol.